The number of fused-ring (bicyclic) bond motifs is 1. The highest BCUT2D eigenvalue weighted by Crippen LogP contribution is 2.34. The van der Waals surface area contributed by atoms with Crippen molar-refractivity contribution in [2.45, 2.75) is 6.42 Å². The first-order chi connectivity index (χ1) is 14.3. The number of rotatable bonds is 7. The molecule has 2 aromatic carbocycles. The average molecular weight is 413 g/mol. The van der Waals surface area contributed by atoms with Gasteiger partial charge in [-0.1, -0.05) is 18.2 Å². The molecule has 0 unspecified atom stereocenters. The van der Waals surface area contributed by atoms with Crippen LogP contribution in [0.4, 0.5) is 9.18 Å². The molecule has 9 nitrogen and oxygen atoms in total. The van der Waals surface area contributed by atoms with Crippen LogP contribution in [0.15, 0.2) is 36.4 Å². The van der Waals surface area contributed by atoms with Gasteiger partial charge in [-0.15, -0.1) is 0 Å². The van der Waals surface area contributed by atoms with Crippen molar-refractivity contribution in [3.8, 4) is 5.75 Å². The summed E-state index contributed by atoms with van der Waals surface area (Å²) in [5.41, 5.74) is 5.70. The van der Waals surface area contributed by atoms with Gasteiger partial charge in [-0.25, -0.2) is 14.0 Å². The number of primary amides is 1. The molecule has 0 aliphatic rings. The monoisotopic (exact) mass is 413 g/mol. The molecule has 0 aliphatic heterocycles. The Bertz CT molecular complexity index is 1170. The van der Waals surface area contributed by atoms with E-state index < -0.39 is 23.8 Å². The lowest BCUT2D eigenvalue weighted by Gasteiger charge is -2.10. The number of carboxylic acids is 1. The van der Waals surface area contributed by atoms with Crippen LogP contribution in [0.3, 0.4) is 0 Å². The molecular formula is C20H16FN3O6. The van der Waals surface area contributed by atoms with E-state index in [4.69, 9.17) is 10.5 Å². The maximum atomic E-state index is 13.1. The number of nitrogens with two attached hydrogens (primary N) is 1. The van der Waals surface area contributed by atoms with Crippen LogP contribution >= 0.6 is 0 Å². The molecule has 1 heterocycles. The number of aromatic nitrogens is 2. The van der Waals surface area contributed by atoms with Crippen LogP contribution in [0.25, 0.3) is 23.1 Å². The maximum Gasteiger partial charge on any atom is 0.432 e. The van der Waals surface area contributed by atoms with Crippen LogP contribution < -0.4 is 10.5 Å². The number of benzene rings is 2. The minimum atomic E-state index is -1.38. The number of amides is 1. The summed E-state index contributed by atoms with van der Waals surface area (Å²) in [4.78, 5) is 34.3. The van der Waals surface area contributed by atoms with Crippen LogP contribution in [0.2, 0.25) is 0 Å². The molecule has 4 N–H and O–H groups in total. The highest BCUT2D eigenvalue weighted by molar-refractivity contribution is 6.04. The Labute approximate surface area is 168 Å². The van der Waals surface area contributed by atoms with E-state index in [1.54, 1.807) is 6.08 Å². The lowest BCUT2D eigenvalue weighted by Crippen LogP contribution is -2.15. The average Bonchev–Trinajstić information content (AvgIpc) is 3.06. The second-order valence-corrected chi connectivity index (χ2v) is 6.17. The predicted octanol–water partition coefficient (Wildman–Crippen LogP) is 2.82. The number of nitrogens with zero attached hydrogens (tertiary/aromatic N) is 2. The summed E-state index contributed by atoms with van der Waals surface area (Å²) in [6.45, 7) is -0.200. The minimum absolute atomic E-state index is 0.0975. The van der Waals surface area contributed by atoms with Gasteiger partial charge in [0.25, 0.3) is 0 Å². The van der Waals surface area contributed by atoms with Crippen molar-refractivity contribution in [3.63, 3.8) is 0 Å². The molecule has 0 atom stereocenters. The van der Waals surface area contributed by atoms with Gasteiger partial charge in [0.15, 0.2) is 0 Å². The predicted molar refractivity (Wildman–Crippen MR) is 105 cm³/mol. The first-order valence-electron chi connectivity index (χ1n) is 8.65. The lowest BCUT2D eigenvalue weighted by atomic mass is 10.1. The fourth-order valence-electron chi connectivity index (χ4n) is 2.79. The summed E-state index contributed by atoms with van der Waals surface area (Å²) >= 11 is 0. The van der Waals surface area contributed by atoms with Crippen LogP contribution in [0.1, 0.15) is 28.0 Å². The zero-order valence-corrected chi connectivity index (χ0v) is 15.4. The molecule has 3 aromatic rings. The molecule has 154 valence electrons. The van der Waals surface area contributed by atoms with E-state index in [0.717, 1.165) is 0 Å². The Kier molecular flexibility index (Phi) is 5.77. The fraction of sp³-hybridized carbons (Fsp3) is 0.100. The number of hydrogen-bond acceptors (Lipinski definition) is 5. The van der Waals surface area contributed by atoms with E-state index in [1.165, 1.54) is 42.5 Å². The molecule has 30 heavy (non-hydrogen) atoms. The van der Waals surface area contributed by atoms with Gasteiger partial charge in [-0.3, -0.25) is 4.79 Å². The molecule has 3 rings (SSSR count). The van der Waals surface area contributed by atoms with Crippen LogP contribution in [-0.2, 0) is 4.79 Å². The molecule has 0 aliphatic carbocycles. The first kappa shape index (κ1) is 20.5. The fourth-order valence-corrected chi connectivity index (χ4v) is 2.79. The number of aromatic carboxylic acids is 1. The van der Waals surface area contributed by atoms with Gasteiger partial charge in [-0.05, 0) is 35.9 Å². The quantitative estimate of drug-likeness (QED) is 0.540. The minimum Gasteiger partial charge on any atom is -0.491 e. The molecule has 0 saturated heterocycles. The highest BCUT2D eigenvalue weighted by atomic mass is 19.1. The van der Waals surface area contributed by atoms with Crippen molar-refractivity contribution in [2.24, 2.45) is 5.73 Å². The normalized spacial score (nSPS) is 11.1. The first-order valence-corrected chi connectivity index (χ1v) is 8.65. The smallest absolute Gasteiger partial charge is 0.432 e. The summed E-state index contributed by atoms with van der Waals surface area (Å²) in [7, 11) is 0. The number of hydrogen-bond donors (Lipinski definition) is 3. The van der Waals surface area contributed by atoms with E-state index in [-0.39, 0.29) is 40.9 Å². The zero-order valence-electron chi connectivity index (χ0n) is 15.4. The van der Waals surface area contributed by atoms with Gasteiger partial charge >= 0.3 is 12.1 Å². The number of halogens is 1. The molecular weight excluding hydrogens is 397 g/mol. The van der Waals surface area contributed by atoms with Crippen LogP contribution in [0, 0.1) is 5.82 Å². The Hall–Kier alpha value is -4.21. The summed E-state index contributed by atoms with van der Waals surface area (Å²) < 4.78 is 19.3. The van der Waals surface area contributed by atoms with Crippen molar-refractivity contribution in [2.75, 3.05) is 6.61 Å². The molecule has 0 spiro atoms. The molecule has 1 aromatic heterocycles. The largest absolute Gasteiger partial charge is 0.491 e. The third-order valence-electron chi connectivity index (χ3n) is 4.14. The van der Waals surface area contributed by atoms with Crippen molar-refractivity contribution in [1.29, 1.82) is 0 Å². The van der Waals surface area contributed by atoms with Gasteiger partial charge in [0.1, 0.15) is 17.1 Å². The topological polar surface area (TPSA) is 145 Å². The van der Waals surface area contributed by atoms with E-state index in [9.17, 15) is 29.0 Å². The van der Waals surface area contributed by atoms with E-state index in [2.05, 4.69) is 5.10 Å². The molecule has 0 fully saturated rings. The SMILES string of the molecule is NC(=O)CCOc1c(C(=O)O)ccc2c1c(/C=C/c1ccc(F)cc1)nn2C(=O)O. The van der Waals surface area contributed by atoms with Gasteiger partial charge in [-0.2, -0.15) is 9.78 Å². The van der Waals surface area contributed by atoms with Gasteiger partial charge in [0.2, 0.25) is 5.91 Å². The van der Waals surface area contributed by atoms with Gasteiger partial charge in [0, 0.05) is 0 Å². The summed E-state index contributed by atoms with van der Waals surface area (Å²) in [6.07, 6.45) is 1.48. The summed E-state index contributed by atoms with van der Waals surface area (Å²) in [5.74, 6) is -2.49. The van der Waals surface area contributed by atoms with E-state index in [0.29, 0.717) is 10.2 Å². The third-order valence-corrected chi connectivity index (χ3v) is 4.14. The highest BCUT2D eigenvalue weighted by Gasteiger charge is 2.23. The summed E-state index contributed by atoms with van der Waals surface area (Å²) in [5, 5.41) is 23.1. The number of carbonyl (C=O) groups excluding carboxylic acids is 1. The number of carboxylic acid groups (broad SMARTS) is 2. The Balaban J connectivity index is 2.17. The second-order valence-electron chi connectivity index (χ2n) is 6.17. The van der Waals surface area contributed by atoms with Crippen molar-refractivity contribution in [1.82, 2.24) is 9.78 Å². The zero-order chi connectivity index (χ0) is 21.8. The lowest BCUT2D eigenvalue weighted by molar-refractivity contribution is -0.118. The standard InChI is InChI=1S/C20H16FN3O6/c21-12-4-1-11(2-5-12)3-7-14-17-15(24(23-14)20(28)29)8-6-13(19(26)27)18(17)30-10-9-16(22)25/h1-8H,9-10H2,(H2,22,25)(H,26,27)(H,28,29)/b7-3+. The molecule has 1 amide bonds. The third kappa shape index (κ3) is 4.27. The maximum absolute atomic E-state index is 13.1. The summed E-state index contributed by atoms with van der Waals surface area (Å²) in [6, 6.07) is 8.03. The number of carbonyl (C=O) groups is 3. The van der Waals surface area contributed by atoms with E-state index in [1.807, 2.05) is 0 Å². The van der Waals surface area contributed by atoms with Gasteiger partial charge in [0.05, 0.1) is 29.6 Å². The molecule has 0 bridgehead atoms. The second kappa shape index (κ2) is 8.43. The van der Waals surface area contributed by atoms with E-state index >= 15 is 0 Å². The Morgan fingerprint density at radius 1 is 1.10 bits per heavy atom. The van der Waals surface area contributed by atoms with Crippen molar-refractivity contribution >= 4 is 41.0 Å². The molecule has 0 radical (unpaired) electrons. The van der Waals surface area contributed by atoms with Crippen LogP contribution in [0.5, 0.6) is 5.75 Å². The van der Waals surface area contributed by atoms with Crippen LogP contribution in [-0.4, -0.2) is 44.6 Å². The van der Waals surface area contributed by atoms with Crippen molar-refractivity contribution < 1.29 is 33.7 Å². The Morgan fingerprint density at radius 2 is 1.80 bits per heavy atom. The Morgan fingerprint density at radius 3 is 2.40 bits per heavy atom. The molecule has 0 saturated carbocycles. The molecule has 10 heteroatoms. The van der Waals surface area contributed by atoms with Gasteiger partial charge < -0.3 is 20.7 Å². The number of ether oxygens (including phenoxy) is 1. The van der Waals surface area contributed by atoms with Crippen molar-refractivity contribution in [3.05, 3.63) is 59.0 Å².